The summed E-state index contributed by atoms with van der Waals surface area (Å²) < 4.78 is 13.5. The molecule has 0 bridgehead atoms. The maximum Gasteiger partial charge on any atom is 0.199 e. The molecule has 0 saturated heterocycles. The number of hydrogen-bond donors (Lipinski definition) is 0. The molecular weight excluding hydrogens is 711 g/mol. The van der Waals surface area contributed by atoms with Gasteiger partial charge in [0.05, 0.1) is 6.57 Å². The van der Waals surface area contributed by atoms with Crippen molar-refractivity contribution in [2.45, 2.75) is 13.8 Å². The van der Waals surface area contributed by atoms with E-state index < -0.39 is 0 Å². The summed E-state index contributed by atoms with van der Waals surface area (Å²) in [6.45, 7) is 12.5. The molecule has 11 rings (SSSR count). The number of hydrogen-bond acceptors (Lipinski definition) is 4. The fourth-order valence-electron chi connectivity index (χ4n) is 8.56. The maximum absolute atomic E-state index is 8.29. The number of aryl methyl sites for hydroxylation is 2. The fourth-order valence-corrected chi connectivity index (χ4v) is 8.56. The highest BCUT2D eigenvalue weighted by molar-refractivity contribution is 6.25. The SMILES string of the molecule is [C-]#[N+]c1cc2c3cc4ccc(N(c5ccccc5)c5cccc(C)c5)cc4cc3oc2c2oc3cc4cc(N(c5ccccc5)c5cccc(C)c5)ccc4cc3c12. The third-order valence-electron chi connectivity index (χ3n) is 11.2. The third-order valence-corrected chi connectivity index (χ3v) is 11.2. The number of rotatable bonds is 6. The van der Waals surface area contributed by atoms with Crippen molar-refractivity contribution in [3.8, 4) is 0 Å². The second-order valence-corrected chi connectivity index (χ2v) is 15.1. The molecule has 9 aromatic carbocycles. The van der Waals surface area contributed by atoms with Crippen LogP contribution in [0.4, 0.5) is 39.8 Å². The van der Waals surface area contributed by atoms with Crippen molar-refractivity contribution in [3.63, 3.8) is 0 Å². The average Bonchev–Trinajstić information content (AvgIpc) is 3.80. The van der Waals surface area contributed by atoms with Crippen molar-refractivity contribution in [1.29, 1.82) is 0 Å². The summed E-state index contributed by atoms with van der Waals surface area (Å²) in [5.41, 5.74) is 12.1. The van der Waals surface area contributed by atoms with E-state index in [0.717, 1.165) is 82.8 Å². The van der Waals surface area contributed by atoms with Crippen molar-refractivity contribution in [2.24, 2.45) is 0 Å². The Hall–Kier alpha value is -7.81. The molecular formula is C53H35N3O2. The monoisotopic (exact) mass is 745 g/mol. The summed E-state index contributed by atoms with van der Waals surface area (Å²) in [5.74, 6) is 0. The molecule has 0 saturated carbocycles. The first-order chi connectivity index (χ1) is 28.5. The van der Waals surface area contributed by atoms with E-state index in [1.807, 2.05) is 18.2 Å². The van der Waals surface area contributed by atoms with Crippen LogP contribution in [0, 0.1) is 20.4 Å². The lowest BCUT2D eigenvalue weighted by Gasteiger charge is -2.26. The first kappa shape index (κ1) is 33.5. The van der Waals surface area contributed by atoms with Gasteiger partial charge < -0.3 is 18.6 Å². The minimum Gasteiger partial charge on any atom is -0.453 e. The average molecular weight is 746 g/mol. The van der Waals surface area contributed by atoms with Gasteiger partial charge in [-0.05, 0) is 150 Å². The molecule has 0 aliphatic carbocycles. The molecule has 0 fully saturated rings. The van der Waals surface area contributed by atoms with Gasteiger partial charge in [-0.25, -0.2) is 4.85 Å². The van der Waals surface area contributed by atoms with Crippen molar-refractivity contribution < 1.29 is 8.83 Å². The van der Waals surface area contributed by atoms with Crippen LogP contribution in [0.1, 0.15) is 11.1 Å². The molecule has 5 heteroatoms. The Morgan fingerprint density at radius 3 is 1.41 bits per heavy atom. The minimum atomic E-state index is 0.543. The van der Waals surface area contributed by atoms with E-state index in [0.29, 0.717) is 22.4 Å². The summed E-state index contributed by atoms with van der Waals surface area (Å²) in [6, 6.07) is 61.6. The van der Waals surface area contributed by atoms with E-state index >= 15 is 0 Å². The molecule has 58 heavy (non-hydrogen) atoms. The van der Waals surface area contributed by atoms with Crippen LogP contribution < -0.4 is 9.80 Å². The topological polar surface area (TPSA) is 37.1 Å². The van der Waals surface area contributed by atoms with Crippen LogP contribution in [0.2, 0.25) is 0 Å². The molecule has 2 heterocycles. The third kappa shape index (κ3) is 5.46. The van der Waals surface area contributed by atoms with E-state index in [-0.39, 0.29) is 0 Å². The number of nitrogens with zero attached hydrogens (tertiary/aromatic N) is 3. The zero-order valence-electron chi connectivity index (χ0n) is 31.9. The summed E-state index contributed by atoms with van der Waals surface area (Å²) >= 11 is 0. The molecule has 0 aliphatic heterocycles. The second kappa shape index (κ2) is 13.2. The molecule has 0 amide bonds. The van der Waals surface area contributed by atoms with Crippen LogP contribution >= 0.6 is 0 Å². The Balaban J connectivity index is 1.06. The van der Waals surface area contributed by atoms with Gasteiger partial charge in [-0.15, -0.1) is 0 Å². The van der Waals surface area contributed by atoms with Crippen LogP contribution in [-0.2, 0) is 0 Å². The lowest BCUT2D eigenvalue weighted by Crippen LogP contribution is -2.09. The molecule has 0 unspecified atom stereocenters. The molecule has 0 spiro atoms. The Kier molecular flexibility index (Phi) is 7.60. The predicted octanol–water partition coefficient (Wildman–Crippen LogP) is 15.9. The molecule has 0 N–H and O–H groups in total. The Bertz CT molecular complexity index is 3450. The minimum absolute atomic E-state index is 0.543. The maximum atomic E-state index is 8.29. The normalized spacial score (nSPS) is 11.6. The van der Waals surface area contributed by atoms with Gasteiger partial charge in [0.1, 0.15) is 11.2 Å². The fraction of sp³-hybridized carbons (Fsp3) is 0.0377. The molecule has 274 valence electrons. The quantitative estimate of drug-likeness (QED) is 0.159. The van der Waals surface area contributed by atoms with Crippen LogP contribution in [0.3, 0.4) is 0 Å². The number of para-hydroxylation sites is 2. The number of furan rings is 2. The zero-order chi connectivity index (χ0) is 38.9. The smallest absolute Gasteiger partial charge is 0.199 e. The van der Waals surface area contributed by atoms with E-state index in [1.165, 1.54) is 11.1 Å². The van der Waals surface area contributed by atoms with Crippen LogP contribution in [0.15, 0.2) is 185 Å². The largest absolute Gasteiger partial charge is 0.453 e. The summed E-state index contributed by atoms with van der Waals surface area (Å²) in [4.78, 5) is 8.60. The van der Waals surface area contributed by atoms with Gasteiger partial charge >= 0.3 is 0 Å². The van der Waals surface area contributed by atoms with E-state index in [9.17, 15) is 0 Å². The van der Waals surface area contributed by atoms with Crippen molar-refractivity contribution in [3.05, 3.63) is 198 Å². The van der Waals surface area contributed by atoms with Gasteiger partial charge in [0.2, 0.25) is 0 Å². The van der Waals surface area contributed by atoms with Gasteiger partial charge in [0, 0.05) is 55.7 Å². The van der Waals surface area contributed by atoms with Crippen molar-refractivity contribution in [1.82, 2.24) is 0 Å². The Morgan fingerprint density at radius 2 is 0.879 bits per heavy atom. The number of anilines is 6. The van der Waals surface area contributed by atoms with E-state index in [1.54, 1.807) is 0 Å². The lowest BCUT2D eigenvalue weighted by molar-refractivity contribution is 0.634. The van der Waals surface area contributed by atoms with Gasteiger partial charge in [-0.2, -0.15) is 0 Å². The Labute approximate surface area is 335 Å². The van der Waals surface area contributed by atoms with E-state index in [4.69, 9.17) is 15.4 Å². The first-order valence-electron chi connectivity index (χ1n) is 19.4. The molecule has 2 aromatic heterocycles. The van der Waals surface area contributed by atoms with E-state index in [2.05, 4.69) is 186 Å². The van der Waals surface area contributed by atoms with Gasteiger partial charge in [0.25, 0.3) is 0 Å². The number of fused-ring (bicyclic) bond motifs is 9. The van der Waals surface area contributed by atoms with Gasteiger partial charge in [-0.1, -0.05) is 72.8 Å². The van der Waals surface area contributed by atoms with Crippen molar-refractivity contribution in [2.75, 3.05) is 9.80 Å². The molecule has 11 aromatic rings. The second-order valence-electron chi connectivity index (χ2n) is 15.1. The molecule has 0 aliphatic rings. The first-order valence-corrected chi connectivity index (χ1v) is 19.4. The highest BCUT2D eigenvalue weighted by atomic mass is 16.4. The molecule has 0 radical (unpaired) electrons. The molecule has 0 atom stereocenters. The van der Waals surface area contributed by atoms with Crippen LogP contribution in [0.5, 0.6) is 0 Å². The van der Waals surface area contributed by atoms with Crippen molar-refractivity contribution >= 4 is 105 Å². The zero-order valence-corrected chi connectivity index (χ0v) is 31.9. The molecule has 5 nitrogen and oxygen atoms in total. The van der Waals surface area contributed by atoms with Gasteiger partial charge in [0.15, 0.2) is 16.9 Å². The standard InChI is InChI=1S/C53H35N3O2/c1-33-12-10-18-41(24-33)55(39-14-6-4-7-15-39)43-22-20-35-28-45-46-32-48(54-3)51-47-29-36-21-23-44(56(40-16-8-5-9-17-40)42-19-11-13-34(2)25-42)27-38(36)31-50(47)58-53(51)52(46)57-49(45)30-37(35)26-43/h4-32H,1-2H3. The lowest BCUT2D eigenvalue weighted by atomic mass is 10.0. The summed E-state index contributed by atoms with van der Waals surface area (Å²) in [7, 11) is 0. The Morgan fingerprint density at radius 1 is 0.397 bits per heavy atom. The van der Waals surface area contributed by atoms with Gasteiger partial charge in [-0.3, -0.25) is 0 Å². The predicted molar refractivity (Wildman–Crippen MR) is 241 cm³/mol. The summed E-state index contributed by atoms with van der Waals surface area (Å²) in [5, 5.41) is 7.74. The number of benzene rings is 9. The highest BCUT2D eigenvalue weighted by Gasteiger charge is 2.22. The van der Waals surface area contributed by atoms with Crippen LogP contribution in [-0.4, -0.2) is 0 Å². The van der Waals surface area contributed by atoms with Crippen LogP contribution in [0.25, 0.3) is 70.3 Å². The summed E-state index contributed by atoms with van der Waals surface area (Å²) in [6.07, 6.45) is 0. The highest BCUT2D eigenvalue weighted by Crippen LogP contribution is 2.47.